The number of benzene rings is 2. The summed E-state index contributed by atoms with van der Waals surface area (Å²) in [5.41, 5.74) is 1.76. The van der Waals surface area contributed by atoms with E-state index < -0.39 is 10.0 Å². The van der Waals surface area contributed by atoms with E-state index in [1.807, 2.05) is 31.2 Å². The van der Waals surface area contributed by atoms with Crippen molar-refractivity contribution in [3.63, 3.8) is 0 Å². The van der Waals surface area contributed by atoms with Gasteiger partial charge in [-0.1, -0.05) is 12.1 Å². The van der Waals surface area contributed by atoms with E-state index in [-0.39, 0.29) is 23.9 Å². The fourth-order valence-corrected chi connectivity index (χ4v) is 3.87. The summed E-state index contributed by atoms with van der Waals surface area (Å²) >= 11 is 0. The van der Waals surface area contributed by atoms with Crippen molar-refractivity contribution in [1.82, 2.24) is 4.72 Å². The molecule has 27 heavy (non-hydrogen) atoms. The van der Waals surface area contributed by atoms with E-state index in [4.69, 9.17) is 9.47 Å². The van der Waals surface area contributed by atoms with Crippen molar-refractivity contribution in [3.8, 4) is 11.5 Å². The number of carbonyl (C=O) groups excluding carboxylic acids is 1. The Labute approximate surface area is 158 Å². The lowest BCUT2D eigenvalue weighted by Crippen LogP contribution is -2.37. The lowest BCUT2D eigenvalue weighted by Gasteiger charge is -2.22. The molecular formula is C19H22N2O5S. The molecule has 8 heteroatoms. The summed E-state index contributed by atoms with van der Waals surface area (Å²) in [4.78, 5) is 13.6. The van der Waals surface area contributed by atoms with Gasteiger partial charge >= 0.3 is 0 Å². The lowest BCUT2D eigenvalue weighted by molar-refractivity contribution is -0.116. The van der Waals surface area contributed by atoms with Crippen LogP contribution in [0.3, 0.4) is 0 Å². The van der Waals surface area contributed by atoms with Gasteiger partial charge in [0.15, 0.2) is 11.5 Å². The van der Waals surface area contributed by atoms with Gasteiger partial charge < -0.3 is 14.4 Å². The Morgan fingerprint density at radius 1 is 1.11 bits per heavy atom. The number of aryl methyl sites for hydroxylation is 1. The molecule has 2 aromatic rings. The molecule has 0 spiro atoms. The lowest BCUT2D eigenvalue weighted by atomic mass is 10.2. The van der Waals surface area contributed by atoms with Crippen LogP contribution < -0.4 is 19.1 Å². The third-order valence-electron chi connectivity index (χ3n) is 4.14. The molecular weight excluding hydrogens is 368 g/mol. The van der Waals surface area contributed by atoms with E-state index in [1.54, 1.807) is 11.0 Å². The van der Waals surface area contributed by atoms with Gasteiger partial charge in [0, 0.05) is 31.8 Å². The van der Waals surface area contributed by atoms with Gasteiger partial charge in [0.1, 0.15) is 13.2 Å². The Morgan fingerprint density at radius 3 is 2.56 bits per heavy atom. The van der Waals surface area contributed by atoms with Crippen molar-refractivity contribution in [1.29, 1.82) is 0 Å². The van der Waals surface area contributed by atoms with Crippen LogP contribution in [-0.4, -0.2) is 40.6 Å². The number of carbonyl (C=O) groups is 1. The largest absolute Gasteiger partial charge is 0.486 e. The molecule has 0 atom stereocenters. The Balaban J connectivity index is 1.68. The van der Waals surface area contributed by atoms with Gasteiger partial charge in [-0.05, 0) is 36.8 Å². The van der Waals surface area contributed by atoms with Crippen LogP contribution in [0, 0.1) is 6.92 Å². The number of nitrogens with zero attached hydrogens (tertiary/aromatic N) is 1. The Bertz CT molecular complexity index is 943. The maximum atomic E-state index is 12.5. The van der Waals surface area contributed by atoms with Crippen molar-refractivity contribution >= 4 is 21.6 Å². The summed E-state index contributed by atoms with van der Waals surface area (Å²) in [5, 5.41) is 0. The molecule has 0 radical (unpaired) electrons. The second-order valence-corrected chi connectivity index (χ2v) is 7.98. The quantitative estimate of drug-likeness (QED) is 0.816. The van der Waals surface area contributed by atoms with Crippen LogP contribution in [0.15, 0.2) is 47.4 Å². The van der Waals surface area contributed by atoms with Crippen molar-refractivity contribution in [2.24, 2.45) is 0 Å². The molecule has 0 aromatic heterocycles. The van der Waals surface area contributed by atoms with Gasteiger partial charge in [0.05, 0.1) is 4.90 Å². The Hall–Kier alpha value is -2.58. The summed E-state index contributed by atoms with van der Waals surface area (Å²) in [6.45, 7) is 4.53. The first-order valence-electron chi connectivity index (χ1n) is 8.61. The number of hydrogen-bond acceptors (Lipinski definition) is 5. The summed E-state index contributed by atoms with van der Waals surface area (Å²) in [6.07, 6.45) is 0. The molecule has 1 heterocycles. The summed E-state index contributed by atoms with van der Waals surface area (Å²) < 4.78 is 38.5. The number of anilines is 1. The number of ether oxygens (including phenoxy) is 2. The average Bonchev–Trinajstić information content (AvgIpc) is 2.64. The molecule has 1 N–H and O–H groups in total. The third kappa shape index (κ3) is 4.58. The van der Waals surface area contributed by atoms with E-state index in [2.05, 4.69) is 4.72 Å². The van der Waals surface area contributed by atoms with E-state index in [0.717, 1.165) is 11.3 Å². The molecule has 0 aliphatic carbocycles. The monoisotopic (exact) mass is 390 g/mol. The summed E-state index contributed by atoms with van der Waals surface area (Å²) in [7, 11) is -3.73. The fourth-order valence-electron chi connectivity index (χ4n) is 2.83. The second-order valence-electron chi connectivity index (χ2n) is 6.21. The molecule has 0 saturated heterocycles. The zero-order valence-corrected chi connectivity index (χ0v) is 16.1. The van der Waals surface area contributed by atoms with E-state index in [9.17, 15) is 13.2 Å². The smallest absolute Gasteiger partial charge is 0.240 e. The molecule has 0 bridgehead atoms. The highest BCUT2D eigenvalue weighted by Crippen LogP contribution is 2.32. The molecule has 1 aliphatic rings. The number of sulfonamides is 1. The first-order chi connectivity index (χ1) is 12.9. The van der Waals surface area contributed by atoms with Crippen LogP contribution in [0.1, 0.15) is 12.5 Å². The first-order valence-corrected chi connectivity index (χ1v) is 10.1. The van der Waals surface area contributed by atoms with E-state index in [0.29, 0.717) is 24.7 Å². The van der Waals surface area contributed by atoms with Crippen molar-refractivity contribution in [2.75, 3.05) is 31.2 Å². The van der Waals surface area contributed by atoms with E-state index >= 15 is 0 Å². The average molecular weight is 390 g/mol. The predicted molar refractivity (Wildman–Crippen MR) is 102 cm³/mol. The van der Waals surface area contributed by atoms with Gasteiger partial charge in [-0.15, -0.1) is 0 Å². The molecule has 144 valence electrons. The second kappa shape index (κ2) is 7.98. The van der Waals surface area contributed by atoms with Crippen LogP contribution in [-0.2, 0) is 14.8 Å². The molecule has 3 rings (SSSR count). The standard InChI is InChI=1S/C19H22N2O5S/c1-14-4-3-5-16(12-14)21(15(2)22)9-8-20-27(23,24)17-6-7-18-19(13-17)26-11-10-25-18/h3-7,12-13,20H,8-11H2,1-2H3. The minimum atomic E-state index is -3.73. The fraction of sp³-hybridized carbons (Fsp3) is 0.316. The zero-order valence-electron chi connectivity index (χ0n) is 15.3. The van der Waals surface area contributed by atoms with Gasteiger partial charge in [-0.3, -0.25) is 4.79 Å². The van der Waals surface area contributed by atoms with Crippen LogP contribution in [0.5, 0.6) is 11.5 Å². The van der Waals surface area contributed by atoms with Gasteiger partial charge in [-0.2, -0.15) is 0 Å². The Morgan fingerprint density at radius 2 is 1.85 bits per heavy atom. The molecule has 1 aliphatic heterocycles. The topological polar surface area (TPSA) is 84.9 Å². The molecule has 0 saturated carbocycles. The summed E-state index contributed by atoms with van der Waals surface area (Å²) in [5.74, 6) is 0.788. The first kappa shape index (κ1) is 19.2. The molecule has 2 aromatic carbocycles. The van der Waals surface area contributed by atoms with Crippen LogP contribution >= 0.6 is 0 Å². The minimum absolute atomic E-state index is 0.0876. The number of amides is 1. The van der Waals surface area contributed by atoms with Crippen LogP contribution in [0.2, 0.25) is 0 Å². The number of nitrogens with one attached hydrogen (secondary N) is 1. The molecule has 0 fully saturated rings. The summed E-state index contributed by atoms with van der Waals surface area (Å²) in [6, 6.07) is 12.0. The molecule has 0 unspecified atom stereocenters. The van der Waals surface area contributed by atoms with Crippen molar-refractivity contribution < 1.29 is 22.7 Å². The highest BCUT2D eigenvalue weighted by atomic mass is 32.2. The van der Waals surface area contributed by atoms with Gasteiger partial charge in [-0.25, -0.2) is 13.1 Å². The highest BCUT2D eigenvalue weighted by Gasteiger charge is 2.20. The number of hydrogen-bond donors (Lipinski definition) is 1. The Kier molecular flexibility index (Phi) is 5.67. The van der Waals surface area contributed by atoms with Crippen molar-refractivity contribution in [2.45, 2.75) is 18.7 Å². The molecule has 1 amide bonds. The normalized spacial score (nSPS) is 13.3. The van der Waals surface area contributed by atoms with Crippen LogP contribution in [0.4, 0.5) is 5.69 Å². The van der Waals surface area contributed by atoms with Crippen LogP contribution in [0.25, 0.3) is 0 Å². The zero-order chi connectivity index (χ0) is 19.4. The predicted octanol–water partition coefficient (Wildman–Crippen LogP) is 2.10. The third-order valence-corrected chi connectivity index (χ3v) is 5.60. The maximum absolute atomic E-state index is 12.5. The molecule has 7 nitrogen and oxygen atoms in total. The van der Waals surface area contributed by atoms with Gasteiger partial charge in [0.25, 0.3) is 0 Å². The van der Waals surface area contributed by atoms with Crippen molar-refractivity contribution in [3.05, 3.63) is 48.0 Å². The highest BCUT2D eigenvalue weighted by molar-refractivity contribution is 7.89. The SMILES string of the molecule is CC(=O)N(CCNS(=O)(=O)c1ccc2c(c1)OCCO2)c1cccc(C)c1. The van der Waals surface area contributed by atoms with Gasteiger partial charge in [0.2, 0.25) is 15.9 Å². The minimum Gasteiger partial charge on any atom is -0.486 e. The maximum Gasteiger partial charge on any atom is 0.240 e. The van der Waals surface area contributed by atoms with E-state index in [1.165, 1.54) is 19.1 Å². The number of rotatable bonds is 6. The number of fused-ring (bicyclic) bond motifs is 1.